The molecule has 1 saturated heterocycles. The molecule has 3 atom stereocenters. The Morgan fingerprint density at radius 1 is 1.46 bits per heavy atom. The maximum absolute atomic E-state index is 13.3. The molecule has 0 aliphatic carbocycles. The maximum Gasteiger partial charge on any atom is 0.326 e. The number of amides is 1. The Labute approximate surface area is 162 Å². The van der Waals surface area contributed by atoms with Gasteiger partial charge in [-0.05, 0) is 43.0 Å². The molecule has 1 aromatic carbocycles. The van der Waals surface area contributed by atoms with Crippen molar-refractivity contribution in [3.8, 4) is 0 Å². The van der Waals surface area contributed by atoms with Crippen molar-refractivity contribution in [2.45, 2.75) is 38.3 Å². The third kappa shape index (κ3) is 4.88. The molecule has 28 heavy (non-hydrogen) atoms. The van der Waals surface area contributed by atoms with Crippen LogP contribution < -0.4 is 5.32 Å². The Hall–Kier alpha value is -2.45. The van der Waals surface area contributed by atoms with Gasteiger partial charge in [0.15, 0.2) is 0 Å². The SMILES string of the molecule is CCOC1COCCC1CC(=O)NC(Cc1c[nH]c2cc(F)ccc12)C(=O)O. The molecule has 3 rings (SSSR count). The number of carboxylic acid groups (broad SMARTS) is 1. The molecular weight excluding hydrogens is 367 g/mol. The summed E-state index contributed by atoms with van der Waals surface area (Å²) in [6.45, 7) is 3.43. The zero-order valence-electron chi connectivity index (χ0n) is 15.7. The van der Waals surface area contributed by atoms with E-state index in [9.17, 15) is 19.1 Å². The molecule has 1 aliphatic heterocycles. The molecule has 1 aliphatic rings. The molecule has 152 valence electrons. The third-order valence-electron chi connectivity index (χ3n) is 5.06. The number of aliphatic carboxylic acids is 1. The van der Waals surface area contributed by atoms with E-state index in [4.69, 9.17) is 9.47 Å². The number of fused-ring (bicyclic) bond motifs is 1. The summed E-state index contributed by atoms with van der Waals surface area (Å²) >= 11 is 0. The van der Waals surface area contributed by atoms with Gasteiger partial charge in [-0.2, -0.15) is 0 Å². The molecule has 1 fully saturated rings. The second-order valence-electron chi connectivity index (χ2n) is 6.99. The zero-order valence-corrected chi connectivity index (χ0v) is 15.7. The van der Waals surface area contributed by atoms with Crippen LogP contribution in [0, 0.1) is 11.7 Å². The van der Waals surface area contributed by atoms with Crippen molar-refractivity contribution in [2.75, 3.05) is 19.8 Å². The molecule has 3 unspecified atom stereocenters. The van der Waals surface area contributed by atoms with Crippen LogP contribution in [0.5, 0.6) is 0 Å². The van der Waals surface area contributed by atoms with E-state index >= 15 is 0 Å². The van der Waals surface area contributed by atoms with E-state index in [-0.39, 0.29) is 36.6 Å². The maximum atomic E-state index is 13.3. The van der Waals surface area contributed by atoms with Crippen LogP contribution in [-0.4, -0.2) is 53.9 Å². The summed E-state index contributed by atoms with van der Waals surface area (Å²) in [5, 5.41) is 12.9. The number of carbonyl (C=O) groups is 2. The first-order valence-corrected chi connectivity index (χ1v) is 9.45. The summed E-state index contributed by atoms with van der Waals surface area (Å²) < 4.78 is 24.4. The number of aromatic nitrogens is 1. The fraction of sp³-hybridized carbons (Fsp3) is 0.500. The molecule has 2 aromatic rings. The van der Waals surface area contributed by atoms with E-state index in [2.05, 4.69) is 10.3 Å². The number of hydrogen-bond donors (Lipinski definition) is 3. The van der Waals surface area contributed by atoms with Gasteiger partial charge in [0, 0.05) is 43.2 Å². The number of carbonyl (C=O) groups excluding carboxylic acids is 1. The number of ether oxygens (including phenoxy) is 2. The van der Waals surface area contributed by atoms with Crippen LogP contribution in [0.4, 0.5) is 4.39 Å². The average Bonchev–Trinajstić information content (AvgIpc) is 3.04. The normalized spacial score (nSPS) is 20.8. The van der Waals surface area contributed by atoms with Crippen LogP contribution in [0.25, 0.3) is 10.9 Å². The van der Waals surface area contributed by atoms with Gasteiger partial charge < -0.3 is 24.9 Å². The number of halogens is 1. The summed E-state index contributed by atoms with van der Waals surface area (Å²) in [7, 11) is 0. The first-order chi connectivity index (χ1) is 13.5. The Morgan fingerprint density at radius 3 is 3.04 bits per heavy atom. The first-order valence-electron chi connectivity index (χ1n) is 9.45. The van der Waals surface area contributed by atoms with Gasteiger partial charge in [-0.15, -0.1) is 0 Å². The Kier molecular flexibility index (Phi) is 6.64. The lowest BCUT2D eigenvalue weighted by atomic mass is 9.93. The van der Waals surface area contributed by atoms with Gasteiger partial charge in [0.05, 0.1) is 12.7 Å². The van der Waals surface area contributed by atoms with Crippen LogP contribution in [0.15, 0.2) is 24.4 Å². The minimum Gasteiger partial charge on any atom is -0.480 e. The highest BCUT2D eigenvalue weighted by atomic mass is 19.1. The number of carboxylic acids is 1. The van der Waals surface area contributed by atoms with Crippen molar-refractivity contribution in [1.29, 1.82) is 0 Å². The van der Waals surface area contributed by atoms with Crippen molar-refractivity contribution in [2.24, 2.45) is 5.92 Å². The molecule has 8 heteroatoms. The number of hydrogen-bond acceptors (Lipinski definition) is 4. The second-order valence-corrected chi connectivity index (χ2v) is 6.99. The Bertz CT molecular complexity index is 835. The highest BCUT2D eigenvalue weighted by Crippen LogP contribution is 2.23. The molecule has 0 bridgehead atoms. The van der Waals surface area contributed by atoms with E-state index in [0.29, 0.717) is 37.3 Å². The van der Waals surface area contributed by atoms with Gasteiger partial charge in [0.2, 0.25) is 5.91 Å². The quantitative estimate of drug-likeness (QED) is 0.640. The van der Waals surface area contributed by atoms with Crippen molar-refractivity contribution in [3.63, 3.8) is 0 Å². The molecule has 3 N–H and O–H groups in total. The fourth-order valence-electron chi connectivity index (χ4n) is 3.63. The summed E-state index contributed by atoms with van der Waals surface area (Å²) in [5.41, 5.74) is 1.30. The summed E-state index contributed by atoms with van der Waals surface area (Å²) in [6, 6.07) is 3.22. The van der Waals surface area contributed by atoms with E-state index in [1.54, 1.807) is 12.3 Å². The number of H-pyrrole nitrogens is 1. The van der Waals surface area contributed by atoms with Gasteiger partial charge in [-0.1, -0.05) is 0 Å². The van der Waals surface area contributed by atoms with Gasteiger partial charge >= 0.3 is 5.97 Å². The van der Waals surface area contributed by atoms with Crippen LogP contribution >= 0.6 is 0 Å². The lowest BCUT2D eigenvalue weighted by molar-refractivity contribution is -0.142. The van der Waals surface area contributed by atoms with Gasteiger partial charge in [0.1, 0.15) is 11.9 Å². The summed E-state index contributed by atoms with van der Waals surface area (Å²) in [4.78, 5) is 27.1. The fourth-order valence-corrected chi connectivity index (χ4v) is 3.63. The van der Waals surface area contributed by atoms with Crippen molar-refractivity contribution < 1.29 is 28.6 Å². The van der Waals surface area contributed by atoms with Crippen LogP contribution in [-0.2, 0) is 25.5 Å². The van der Waals surface area contributed by atoms with Gasteiger partial charge in [-0.25, -0.2) is 9.18 Å². The van der Waals surface area contributed by atoms with E-state index in [1.165, 1.54) is 12.1 Å². The van der Waals surface area contributed by atoms with Gasteiger partial charge in [0.25, 0.3) is 0 Å². The van der Waals surface area contributed by atoms with Crippen molar-refractivity contribution >= 4 is 22.8 Å². The number of aromatic amines is 1. The molecule has 0 saturated carbocycles. The average molecular weight is 392 g/mol. The smallest absolute Gasteiger partial charge is 0.326 e. The minimum absolute atomic E-state index is 0.000733. The lowest BCUT2D eigenvalue weighted by Gasteiger charge is -2.31. The number of rotatable bonds is 8. The predicted molar refractivity (Wildman–Crippen MR) is 100 cm³/mol. The van der Waals surface area contributed by atoms with Crippen LogP contribution in [0.1, 0.15) is 25.3 Å². The van der Waals surface area contributed by atoms with Crippen LogP contribution in [0.3, 0.4) is 0 Å². The lowest BCUT2D eigenvalue weighted by Crippen LogP contribution is -2.45. The molecule has 7 nitrogen and oxygen atoms in total. The monoisotopic (exact) mass is 392 g/mol. The van der Waals surface area contributed by atoms with Crippen molar-refractivity contribution in [3.05, 3.63) is 35.8 Å². The largest absolute Gasteiger partial charge is 0.480 e. The minimum atomic E-state index is -1.11. The molecule has 2 heterocycles. The van der Waals surface area contributed by atoms with E-state index in [1.807, 2.05) is 6.92 Å². The molecule has 0 radical (unpaired) electrons. The molecule has 1 aromatic heterocycles. The Balaban J connectivity index is 1.65. The summed E-state index contributed by atoms with van der Waals surface area (Å²) in [6.07, 6.45) is 2.49. The predicted octanol–water partition coefficient (Wildman–Crippen LogP) is 2.25. The standard InChI is InChI=1S/C20H25FN2O5/c1-2-28-18-11-27-6-5-12(18)8-19(24)23-17(20(25)26)7-13-10-22-16-9-14(21)3-4-15(13)16/h3-4,9-10,12,17-18,22H,2,5-8,11H2,1H3,(H,23,24)(H,25,26). The zero-order chi connectivity index (χ0) is 20.1. The van der Waals surface area contributed by atoms with Crippen molar-refractivity contribution in [1.82, 2.24) is 10.3 Å². The third-order valence-corrected chi connectivity index (χ3v) is 5.06. The molecule has 0 spiro atoms. The molecule has 1 amide bonds. The number of nitrogens with one attached hydrogen (secondary N) is 2. The molecular formula is C20H25FN2O5. The van der Waals surface area contributed by atoms with E-state index in [0.717, 1.165) is 5.39 Å². The van der Waals surface area contributed by atoms with E-state index < -0.39 is 12.0 Å². The second kappa shape index (κ2) is 9.16. The van der Waals surface area contributed by atoms with Gasteiger partial charge in [-0.3, -0.25) is 4.79 Å². The highest BCUT2D eigenvalue weighted by Gasteiger charge is 2.30. The first kappa shape index (κ1) is 20.3. The topological polar surface area (TPSA) is 101 Å². The highest BCUT2D eigenvalue weighted by molar-refractivity contribution is 5.86. The van der Waals surface area contributed by atoms with Crippen LogP contribution in [0.2, 0.25) is 0 Å². The summed E-state index contributed by atoms with van der Waals surface area (Å²) in [5.74, 6) is -1.81. The number of benzene rings is 1. The Morgan fingerprint density at radius 2 is 2.29 bits per heavy atom.